The van der Waals surface area contributed by atoms with Gasteiger partial charge in [0.2, 0.25) is 0 Å². The molecular formula is C12H21N3O2. The van der Waals surface area contributed by atoms with Crippen LogP contribution in [0.5, 0.6) is 0 Å². The number of rotatable bonds is 4. The van der Waals surface area contributed by atoms with Crippen molar-refractivity contribution in [2.45, 2.75) is 26.4 Å². The summed E-state index contributed by atoms with van der Waals surface area (Å²) in [5.74, 6) is 0. The molecule has 17 heavy (non-hydrogen) atoms. The molecule has 0 saturated carbocycles. The summed E-state index contributed by atoms with van der Waals surface area (Å²) >= 11 is 0. The third kappa shape index (κ3) is 2.98. The molecule has 5 nitrogen and oxygen atoms in total. The van der Waals surface area contributed by atoms with Crippen LogP contribution in [0.1, 0.15) is 19.9 Å². The maximum absolute atomic E-state index is 12.0. The van der Waals surface area contributed by atoms with Gasteiger partial charge in [0.05, 0.1) is 13.2 Å². The Hall–Kier alpha value is -1.07. The molecule has 0 aromatic carbocycles. The molecule has 1 aliphatic heterocycles. The van der Waals surface area contributed by atoms with E-state index in [-0.39, 0.29) is 11.7 Å². The van der Waals surface area contributed by atoms with E-state index in [1.54, 1.807) is 9.13 Å². The molecule has 0 unspecified atom stereocenters. The Kier molecular flexibility index (Phi) is 4.02. The van der Waals surface area contributed by atoms with Crippen LogP contribution in [0.4, 0.5) is 0 Å². The lowest BCUT2D eigenvalue weighted by Crippen LogP contribution is -2.39. The van der Waals surface area contributed by atoms with Gasteiger partial charge >= 0.3 is 5.69 Å². The van der Waals surface area contributed by atoms with Gasteiger partial charge in [0.25, 0.3) is 0 Å². The van der Waals surface area contributed by atoms with E-state index in [1.807, 2.05) is 26.2 Å². The fourth-order valence-electron chi connectivity index (χ4n) is 2.07. The number of nitrogens with zero attached hydrogens (tertiary/aromatic N) is 3. The molecule has 5 heteroatoms. The molecular weight excluding hydrogens is 218 g/mol. The molecule has 0 radical (unpaired) electrons. The van der Waals surface area contributed by atoms with E-state index in [2.05, 4.69) is 4.90 Å². The van der Waals surface area contributed by atoms with Gasteiger partial charge < -0.3 is 4.74 Å². The van der Waals surface area contributed by atoms with Crippen molar-refractivity contribution in [1.29, 1.82) is 0 Å². The van der Waals surface area contributed by atoms with E-state index in [0.717, 1.165) is 39.4 Å². The molecule has 1 fully saturated rings. The van der Waals surface area contributed by atoms with Crippen LogP contribution in [-0.2, 0) is 11.3 Å². The normalized spacial score (nSPS) is 17.8. The Bertz CT molecular complexity index is 402. The SMILES string of the molecule is CC(C)n1ccn(CCN2CCOCC2)c1=O. The van der Waals surface area contributed by atoms with Gasteiger partial charge in [0.1, 0.15) is 0 Å². The van der Waals surface area contributed by atoms with Crippen molar-refractivity contribution in [1.82, 2.24) is 14.0 Å². The zero-order chi connectivity index (χ0) is 12.3. The van der Waals surface area contributed by atoms with E-state index < -0.39 is 0 Å². The maximum Gasteiger partial charge on any atom is 0.328 e. The van der Waals surface area contributed by atoms with Crippen LogP contribution in [0.15, 0.2) is 17.2 Å². The number of aromatic nitrogens is 2. The van der Waals surface area contributed by atoms with Crippen LogP contribution in [0, 0.1) is 0 Å². The van der Waals surface area contributed by atoms with Crippen molar-refractivity contribution in [3.05, 3.63) is 22.9 Å². The first-order valence-corrected chi connectivity index (χ1v) is 6.26. The van der Waals surface area contributed by atoms with Gasteiger partial charge in [0, 0.05) is 44.6 Å². The Morgan fingerprint density at radius 1 is 1.24 bits per heavy atom. The zero-order valence-electron chi connectivity index (χ0n) is 10.6. The van der Waals surface area contributed by atoms with E-state index in [4.69, 9.17) is 4.74 Å². The van der Waals surface area contributed by atoms with Gasteiger partial charge in [-0.1, -0.05) is 0 Å². The average molecular weight is 239 g/mol. The Labute approximate surface area is 102 Å². The summed E-state index contributed by atoms with van der Waals surface area (Å²) < 4.78 is 8.85. The molecule has 0 atom stereocenters. The van der Waals surface area contributed by atoms with Crippen molar-refractivity contribution in [3.63, 3.8) is 0 Å². The van der Waals surface area contributed by atoms with Crippen molar-refractivity contribution < 1.29 is 4.74 Å². The van der Waals surface area contributed by atoms with Gasteiger partial charge in [-0.25, -0.2) is 4.79 Å². The highest BCUT2D eigenvalue weighted by molar-refractivity contribution is 4.84. The lowest BCUT2D eigenvalue weighted by Gasteiger charge is -2.26. The molecule has 0 spiro atoms. The lowest BCUT2D eigenvalue weighted by molar-refractivity contribution is 0.0362. The summed E-state index contributed by atoms with van der Waals surface area (Å²) in [5, 5.41) is 0. The second-order valence-corrected chi connectivity index (χ2v) is 4.73. The van der Waals surface area contributed by atoms with Gasteiger partial charge in [-0.15, -0.1) is 0 Å². The second-order valence-electron chi connectivity index (χ2n) is 4.73. The highest BCUT2D eigenvalue weighted by Crippen LogP contribution is 2.00. The van der Waals surface area contributed by atoms with Crippen molar-refractivity contribution >= 4 is 0 Å². The number of imidazole rings is 1. The van der Waals surface area contributed by atoms with E-state index in [9.17, 15) is 4.79 Å². The Morgan fingerprint density at radius 3 is 2.53 bits per heavy atom. The molecule has 0 bridgehead atoms. The van der Waals surface area contributed by atoms with Gasteiger partial charge in [0.15, 0.2) is 0 Å². The van der Waals surface area contributed by atoms with Gasteiger partial charge in [-0.3, -0.25) is 14.0 Å². The topological polar surface area (TPSA) is 39.4 Å². The smallest absolute Gasteiger partial charge is 0.328 e. The molecule has 1 aromatic heterocycles. The fourth-order valence-corrected chi connectivity index (χ4v) is 2.07. The highest BCUT2D eigenvalue weighted by atomic mass is 16.5. The first-order chi connectivity index (χ1) is 8.18. The third-order valence-corrected chi connectivity index (χ3v) is 3.19. The van der Waals surface area contributed by atoms with Crippen LogP contribution < -0.4 is 5.69 Å². The summed E-state index contributed by atoms with van der Waals surface area (Å²) in [5.41, 5.74) is 0.0910. The summed E-state index contributed by atoms with van der Waals surface area (Å²) in [6.07, 6.45) is 3.75. The van der Waals surface area contributed by atoms with Crippen molar-refractivity contribution in [3.8, 4) is 0 Å². The summed E-state index contributed by atoms with van der Waals surface area (Å²) in [6.45, 7) is 9.29. The molecule has 96 valence electrons. The Morgan fingerprint density at radius 2 is 1.94 bits per heavy atom. The van der Waals surface area contributed by atoms with Crippen molar-refractivity contribution in [2.24, 2.45) is 0 Å². The molecule has 0 aliphatic carbocycles. The summed E-state index contributed by atoms with van der Waals surface area (Å²) in [6, 6.07) is 0.229. The summed E-state index contributed by atoms with van der Waals surface area (Å²) in [4.78, 5) is 14.3. The number of hydrogen-bond donors (Lipinski definition) is 0. The van der Waals surface area contributed by atoms with Crippen LogP contribution in [0.2, 0.25) is 0 Å². The maximum atomic E-state index is 12.0. The molecule has 1 aromatic rings. The van der Waals surface area contributed by atoms with Crippen molar-refractivity contribution in [2.75, 3.05) is 32.8 Å². The minimum Gasteiger partial charge on any atom is -0.379 e. The van der Waals surface area contributed by atoms with Gasteiger partial charge in [-0.2, -0.15) is 0 Å². The highest BCUT2D eigenvalue weighted by Gasteiger charge is 2.11. The van der Waals surface area contributed by atoms with E-state index in [1.165, 1.54) is 0 Å². The largest absolute Gasteiger partial charge is 0.379 e. The standard InChI is InChI=1S/C12H21N3O2/c1-11(2)15-6-5-14(12(15)16)4-3-13-7-9-17-10-8-13/h5-6,11H,3-4,7-10H2,1-2H3. The first kappa shape index (κ1) is 12.4. The number of hydrogen-bond acceptors (Lipinski definition) is 3. The molecule has 2 rings (SSSR count). The molecule has 0 amide bonds. The lowest BCUT2D eigenvalue weighted by atomic mass is 10.4. The second kappa shape index (κ2) is 5.51. The number of morpholine rings is 1. The quantitative estimate of drug-likeness (QED) is 0.771. The van der Waals surface area contributed by atoms with Crippen LogP contribution in [-0.4, -0.2) is 46.9 Å². The van der Waals surface area contributed by atoms with E-state index >= 15 is 0 Å². The predicted octanol–water partition coefficient (Wildman–Crippen LogP) is 0.563. The van der Waals surface area contributed by atoms with Crippen LogP contribution in [0.25, 0.3) is 0 Å². The fraction of sp³-hybridized carbons (Fsp3) is 0.750. The minimum absolute atomic E-state index is 0.0910. The van der Waals surface area contributed by atoms with Crippen LogP contribution >= 0.6 is 0 Å². The van der Waals surface area contributed by atoms with Crippen LogP contribution in [0.3, 0.4) is 0 Å². The average Bonchev–Trinajstić information content (AvgIpc) is 2.69. The molecule has 2 heterocycles. The first-order valence-electron chi connectivity index (χ1n) is 6.26. The van der Waals surface area contributed by atoms with E-state index in [0.29, 0.717) is 0 Å². The third-order valence-electron chi connectivity index (χ3n) is 3.19. The summed E-state index contributed by atoms with van der Waals surface area (Å²) in [7, 11) is 0. The number of ether oxygens (including phenoxy) is 1. The Balaban J connectivity index is 1.92. The predicted molar refractivity (Wildman–Crippen MR) is 66.3 cm³/mol. The van der Waals surface area contributed by atoms with Gasteiger partial charge in [-0.05, 0) is 13.8 Å². The molecule has 1 aliphatic rings. The molecule has 0 N–H and O–H groups in total. The minimum atomic E-state index is 0.0910. The molecule has 1 saturated heterocycles. The monoisotopic (exact) mass is 239 g/mol. The zero-order valence-corrected chi connectivity index (χ0v) is 10.6.